The molecule has 0 aliphatic heterocycles. The molecule has 2 aromatic rings. The molecule has 0 spiro atoms. The lowest BCUT2D eigenvalue weighted by atomic mass is 9.73. The second-order valence-electron chi connectivity index (χ2n) is 4.62. The van der Waals surface area contributed by atoms with Crippen LogP contribution in [0.15, 0.2) is 35.7 Å². The maximum absolute atomic E-state index is 5.76. The molecule has 3 heteroatoms. The molecule has 2 unspecified atom stereocenters. The van der Waals surface area contributed by atoms with Crippen molar-refractivity contribution >= 4 is 11.3 Å². The number of nitrogens with two attached hydrogens (primary N) is 1. The first-order chi connectivity index (χ1) is 8.31. The third-order valence-corrected chi connectivity index (χ3v) is 4.76. The van der Waals surface area contributed by atoms with Crippen LogP contribution >= 0.6 is 11.3 Å². The van der Waals surface area contributed by atoms with Crippen LogP contribution in [-0.2, 0) is 6.42 Å². The first kappa shape index (κ1) is 11.0. The number of hydrogen-bond acceptors (Lipinski definition) is 3. The summed E-state index contributed by atoms with van der Waals surface area (Å²) in [7, 11) is 0. The summed E-state index contributed by atoms with van der Waals surface area (Å²) >= 11 is 1.79. The van der Waals surface area contributed by atoms with Gasteiger partial charge in [-0.1, -0.05) is 24.3 Å². The molecule has 88 valence electrons. The Labute approximate surface area is 105 Å². The lowest BCUT2D eigenvalue weighted by Crippen LogP contribution is -2.37. The second kappa shape index (κ2) is 4.26. The molecule has 0 amide bonds. The first-order valence-corrected chi connectivity index (χ1v) is 6.77. The number of nitrogens with one attached hydrogen (secondary N) is 1. The molecule has 1 aliphatic carbocycles. The molecule has 1 heterocycles. The van der Waals surface area contributed by atoms with Crippen molar-refractivity contribution in [3.05, 3.63) is 57.3 Å². The molecule has 1 aromatic heterocycles. The van der Waals surface area contributed by atoms with Crippen LogP contribution in [0.3, 0.4) is 0 Å². The molecule has 2 atom stereocenters. The van der Waals surface area contributed by atoms with Gasteiger partial charge in [0.05, 0.1) is 6.04 Å². The van der Waals surface area contributed by atoms with Gasteiger partial charge in [-0.15, -0.1) is 11.3 Å². The topological polar surface area (TPSA) is 38.0 Å². The fourth-order valence-electron chi connectivity index (χ4n) is 2.67. The number of thiophene rings is 1. The van der Waals surface area contributed by atoms with Crippen molar-refractivity contribution in [3.8, 4) is 0 Å². The molecule has 1 aromatic carbocycles. The van der Waals surface area contributed by atoms with Gasteiger partial charge in [-0.2, -0.15) is 0 Å². The van der Waals surface area contributed by atoms with Gasteiger partial charge >= 0.3 is 0 Å². The Hall–Kier alpha value is -1.16. The van der Waals surface area contributed by atoms with Gasteiger partial charge in [-0.25, -0.2) is 0 Å². The highest BCUT2D eigenvalue weighted by atomic mass is 32.1. The largest absolute Gasteiger partial charge is 0.271 e. The minimum atomic E-state index is 0.255. The van der Waals surface area contributed by atoms with Crippen LogP contribution in [0.25, 0.3) is 0 Å². The fourth-order valence-corrected chi connectivity index (χ4v) is 3.72. The summed E-state index contributed by atoms with van der Waals surface area (Å²) < 4.78 is 0. The number of rotatable bonds is 3. The Balaban J connectivity index is 1.93. The molecule has 0 fully saturated rings. The number of aryl methyl sites for hydroxylation is 1. The van der Waals surface area contributed by atoms with Crippen LogP contribution in [0.2, 0.25) is 0 Å². The predicted molar refractivity (Wildman–Crippen MR) is 72.0 cm³/mol. The highest BCUT2D eigenvalue weighted by Crippen LogP contribution is 2.44. The van der Waals surface area contributed by atoms with Gasteiger partial charge < -0.3 is 0 Å². The summed E-state index contributed by atoms with van der Waals surface area (Å²) in [6, 6.07) is 11.1. The van der Waals surface area contributed by atoms with Gasteiger partial charge in [-0.05, 0) is 41.5 Å². The summed E-state index contributed by atoms with van der Waals surface area (Å²) in [6.45, 7) is 2.15. The van der Waals surface area contributed by atoms with E-state index in [0.717, 1.165) is 6.42 Å². The van der Waals surface area contributed by atoms with Crippen molar-refractivity contribution in [2.75, 3.05) is 0 Å². The molecular formula is C14H16N2S. The van der Waals surface area contributed by atoms with Crippen molar-refractivity contribution in [2.45, 2.75) is 25.3 Å². The minimum Gasteiger partial charge on any atom is -0.271 e. The Bertz CT molecular complexity index is 533. The first-order valence-electron chi connectivity index (χ1n) is 5.89. The third kappa shape index (κ3) is 1.71. The standard InChI is InChI=1S/C14H16N2S/c1-9-6-7-17-14(9)13(16-15)12-8-10-4-2-3-5-11(10)12/h2-7,12-13,16H,8,15H2,1H3. The van der Waals surface area contributed by atoms with E-state index < -0.39 is 0 Å². The number of hydrazine groups is 1. The van der Waals surface area contributed by atoms with Crippen LogP contribution in [0.4, 0.5) is 0 Å². The lowest BCUT2D eigenvalue weighted by molar-refractivity contribution is 0.423. The molecule has 0 saturated carbocycles. The monoisotopic (exact) mass is 244 g/mol. The molecule has 2 nitrogen and oxygen atoms in total. The second-order valence-corrected chi connectivity index (χ2v) is 5.57. The van der Waals surface area contributed by atoms with Gasteiger partial charge in [0, 0.05) is 10.8 Å². The highest BCUT2D eigenvalue weighted by molar-refractivity contribution is 7.10. The Kier molecular flexibility index (Phi) is 2.74. The SMILES string of the molecule is Cc1ccsc1C(NN)C1Cc2ccccc21. The number of benzene rings is 1. The molecule has 0 saturated heterocycles. The summed E-state index contributed by atoms with van der Waals surface area (Å²) in [4.78, 5) is 1.37. The van der Waals surface area contributed by atoms with Crippen molar-refractivity contribution in [1.29, 1.82) is 0 Å². The van der Waals surface area contributed by atoms with Crippen molar-refractivity contribution in [1.82, 2.24) is 5.43 Å². The lowest BCUT2D eigenvalue weighted by Gasteiger charge is -2.36. The van der Waals surface area contributed by atoms with Crippen LogP contribution < -0.4 is 11.3 Å². The van der Waals surface area contributed by atoms with Gasteiger partial charge in [0.1, 0.15) is 0 Å². The van der Waals surface area contributed by atoms with Crippen LogP contribution in [-0.4, -0.2) is 0 Å². The molecule has 17 heavy (non-hydrogen) atoms. The van der Waals surface area contributed by atoms with Crippen molar-refractivity contribution in [3.63, 3.8) is 0 Å². The summed E-state index contributed by atoms with van der Waals surface area (Å²) in [5.41, 5.74) is 7.25. The van der Waals surface area contributed by atoms with E-state index in [2.05, 4.69) is 48.1 Å². The van der Waals surface area contributed by atoms with E-state index in [1.807, 2.05) is 0 Å². The van der Waals surface area contributed by atoms with Crippen LogP contribution in [0, 0.1) is 6.92 Å². The van der Waals surface area contributed by atoms with E-state index in [-0.39, 0.29) is 6.04 Å². The van der Waals surface area contributed by atoms with E-state index in [1.54, 1.807) is 11.3 Å². The normalized spacial score (nSPS) is 19.5. The smallest absolute Gasteiger partial charge is 0.0627 e. The van der Waals surface area contributed by atoms with E-state index in [0.29, 0.717) is 5.92 Å². The Morgan fingerprint density at radius 3 is 2.82 bits per heavy atom. The summed E-state index contributed by atoms with van der Waals surface area (Å²) in [5, 5.41) is 2.14. The predicted octanol–water partition coefficient (Wildman–Crippen LogP) is 2.90. The maximum atomic E-state index is 5.76. The van der Waals surface area contributed by atoms with Gasteiger partial charge in [0.2, 0.25) is 0 Å². The molecule has 1 aliphatic rings. The average molecular weight is 244 g/mol. The fraction of sp³-hybridized carbons (Fsp3) is 0.286. The quantitative estimate of drug-likeness (QED) is 0.643. The zero-order valence-electron chi connectivity index (χ0n) is 9.81. The molecule has 3 rings (SSSR count). The third-order valence-electron chi connectivity index (χ3n) is 3.66. The van der Waals surface area contributed by atoms with Crippen LogP contribution in [0.1, 0.15) is 33.5 Å². The van der Waals surface area contributed by atoms with Crippen LogP contribution in [0.5, 0.6) is 0 Å². The summed E-state index contributed by atoms with van der Waals surface area (Å²) in [6.07, 6.45) is 1.13. The maximum Gasteiger partial charge on any atom is 0.0627 e. The van der Waals surface area contributed by atoms with Crippen molar-refractivity contribution in [2.24, 2.45) is 5.84 Å². The minimum absolute atomic E-state index is 0.255. The molecule has 0 bridgehead atoms. The summed E-state index contributed by atoms with van der Waals surface area (Å²) in [5.74, 6) is 6.28. The number of hydrogen-bond donors (Lipinski definition) is 2. The van der Waals surface area contributed by atoms with E-state index in [9.17, 15) is 0 Å². The zero-order valence-corrected chi connectivity index (χ0v) is 10.6. The molecular weight excluding hydrogens is 228 g/mol. The number of fused-ring (bicyclic) bond motifs is 1. The van der Waals surface area contributed by atoms with Gasteiger partial charge in [0.25, 0.3) is 0 Å². The Morgan fingerprint density at radius 1 is 1.35 bits per heavy atom. The molecule has 0 radical (unpaired) electrons. The molecule has 3 N–H and O–H groups in total. The van der Waals surface area contributed by atoms with Gasteiger partial charge in [-0.3, -0.25) is 11.3 Å². The highest BCUT2D eigenvalue weighted by Gasteiger charge is 2.34. The zero-order chi connectivity index (χ0) is 11.8. The average Bonchev–Trinajstić information content (AvgIpc) is 2.72. The van der Waals surface area contributed by atoms with Gasteiger partial charge in [0.15, 0.2) is 0 Å². The Morgan fingerprint density at radius 2 is 2.18 bits per heavy atom. The van der Waals surface area contributed by atoms with Crippen molar-refractivity contribution < 1.29 is 0 Å². The van der Waals surface area contributed by atoms with E-state index >= 15 is 0 Å². The van der Waals surface area contributed by atoms with E-state index in [1.165, 1.54) is 21.6 Å². The van der Waals surface area contributed by atoms with E-state index in [4.69, 9.17) is 5.84 Å².